The van der Waals surface area contributed by atoms with Gasteiger partial charge in [0.1, 0.15) is 5.69 Å². The van der Waals surface area contributed by atoms with Crippen LogP contribution in [0.25, 0.3) is 0 Å². The standard InChI is InChI=1S/C21H23Cl2N5O4S.Li/c1-8-14(22)15(23)17(24-8)19(30)27-16-10-6-28(7-11(10)16)21-26-12(18(33-21)20(31)32)5-13(29)25-9-3-2-4-9;/h9-11,16,24H,2-7H2,1H3,(H,25,29)(H,27,30)(H,31,32);/q;+1/p-1/t10-,11+,16?;. The minimum absolute atomic E-state index is 0. The van der Waals surface area contributed by atoms with Gasteiger partial charge in [-0.25, -0.2) is 4.98 Å². The number of rotatable bonds is 7. The van der Waals surface area contributed by atoms with E-state index in [1.807, 2.05) is 4.90 Å². The molecule has 1 unspecified atom stereocenters. The Morgan fingerprint density at radius 3 is 2.38 bits per heavy atom. The van der Waals surface area contributed by atoms with Crippen molar-refractivity contribution in [2.45, 2.75) is 44.7 Å². The van der Waals surface area contributed by atoms with Gasteiger partial charge >= 0.3 is 18.9 Å². The van der Waals surface area contributed by atoms with Gasteiger partial charge in [-0.1, -0.05) is 34.5 Å². The summed E-state index contributed by atoms with van der Waals surface area (Å²) in [6.07, 6.45) is 2.94. The van der Waals surface area contributed by atoms with Gasteiger partial charge in [0.15, 0.2) is 5.13 Å². The second kappa shape index (κ2) is 9.74. The van der Waals surface area contributed by atoms with E-state index in [1.165, 1.54) is 0 Å². The molecular weight excluding hydrogens is 496 g/mol. The number of carbonyl (C=O) groups is 3. The predicted molar refractivity (Wildman–Crippen MR) is 122 cm³/mol. The summed E-state index contributed by atoms with van der Waals surface area (Å²) < 4.78 is 0. The molecule has 3 N–H and O–H groups in total. The van der Waals surface area contributed by atoms with Crippen LogP contribution in [0.3, 0.4) is 0 Å². The van der Waals surface area contributed by atoms with Crippen LogP contribution >= 0.6 is 34.5 Å². The number of aromatic nitrogens is 2. The maximum atomic E-state index is 12.6. The van der Waals surface area contributed by atoms with E-state index in [1.54, 1.807) is 6.92 Å². The Morgan fingerprint density at radius 1 is 1.18 bits per heavy atom. The quantitative estimate of drug-likeness (QED) is 0.384. The summed E-state index contributed by atoms with van der Waals surface area (Å²) >= 11 is 13.2. The molecule has 3 fully saturated rings. The molecule has 13 heteroatoms. The smallest absolute Gasteiger partial charge is 0.544 e. The maximum absolute atomic E-state index is 12.6. The predicted octanol–water partition coefficient (Wildman–Crippen LogP) is -1.47. The monoisotopic (exact) mass is 517 g/mol. The summed E-state index contributed by atoms with van der Waals surface area (Å²) in [5.74, 6) is -1.37. The Kier molecular flexibility index (Phi) is 7.28. The topological polar surface area (TPSA) is 130 Å². The summed E-state index contributed by atoms with van der Waals surface area (Å²) in [5, 5.41) is 18.6. The van der Waals surface area contributed by atoms with Gasteiger partial charge in [0.05, 0.1) is 33.0 Å². The first kappa shape index (κ1) is 25.4. The Bertz CT molecular complexity index is 1140. The number of aromatic amines is 1. The number of hydrogen-bond acceptors (Lipinski definition) is 7. The van der Waals surface area contributed by atoms with Crippen LogP contribution in [0.1, 0.15) is 50.8 Å². The van der Waals surface area contributed by atoms with Crippen molar-refractivity contribution in [2.24, 2.45) is 11.8 Å². The Morgan fingerprint density at radius 2 is 1.85 bits per heavy atom. The maximum Gasteiger partial charge on any atom is 1.00 e. The van der Waals surface area contributed by atoms with Crippen molar-refractivity contribution < 1.29 is 38.4 Å². The molecule has 2 aromatic rings. The normalized spacial score (nSPS) is 23.0. The van der Waals surface area contributed by atoms with Gasteiger partial charge in [0.25, 0.3) is 5.91 Å². The SMILES string of the molecule is Cc1[nH]c(C(=O)NC2[C@H]3CN(c4nc(CC(=O)NC5CCC5)c(C(=O)[O-])s4)C[C@@H]23)c(Cl)c1Cl.[Li+]. The number of thiazole rings is 1. The van der Waals surface area contributed by atoms with Crippen molar-refractivity contribution in [2.75, 3.05) is 18.0 Å². The van der Waals surface area contributed by atoms with Crippen LogP contribution < -0.4 is 39.5 Å². The van der Waals surface area contributed by atoms with E-state index < -0.39 is 5.97 Å². The first-order valence-electron chi connectivity index (χ1n) is 10.8. The molecule has 1 aliphatic heterocycles. The van der Waals surface area contributed by atoms with E-state index in [-0.39, 0.29) is 82.3 Å². The molecule has 1 saturated heterocycles. The number of nitrogens with one attached hydrogen (secondary N) is 3. The first-order chi connectivity index (χ1) is 15.7. The molecule has 0 aromatic carbocycles. The number of piperidine rings is 1. The fourth-order valence-corrected chi connectivity index (χ4v) is 5.94. The molecule has 2 aliphatic carbocycles. The molecule has 9 nitrogen and oxygen atoms in total. The van der Waals surface area contributed by atoms with Crippen molar-refractivity contribution in [3.05, 3.63) is 32.0 Å². The molecule has 3 atom stereocenters. The average molecular weight is 518 g/mol. The molecular formula is C21H22Cl2LiN5O4S. The Balaban J connectivity index is 0.00000274. The Hall–Kier alpha value is -1.70. The number of anilines is 1. The zero-order valence-electron chi connectivity index (χ0n) is 18.7. The van der Waals surface area contributed by atoms with Gasteiger partial charge in [0, 0.05) is 42.7 Å². The van der Waals surface area contributed by atoms with Crippen molar-refractivity contribution in [1.29, 1.82) is 0 Å². The number of halogens is 2. The van der Waals surface area contributed by atoms with Gasteiger partial charge in [-0.05, 0) is 26.2 Å². The van der Waals surface area contributed by atoms with E-state index in [9.17, 15) is 19.5 Å². The van der Waals surface area contributed by atoms with Gasteiger partial charge < -0.3 is 30.4 Å². The third kappa shape index (κ3) is 4.71. The van der Waals surface area contributed by atoms with Gasteiger partial charge in [-0.3, -0.25) is 9.59 Å². The number of carboxylic acids is 1. The first-order valence-corrected chi connectivity index (χ1v) is 12.4. The molecule has 3 heterocycles. The van der Waals surface area contributed by atoms with Crippen LogP contribution in [0.2, 0.25) is 10.0 Å². The number of nitrogens with zero attached hydrogens (tertiary/aromatic N) is 2. The second-order valence-corrected chi connectivity index (χ2v) is 10.7. The summed E-state index contributed by atoms with van der Waals surface area (Å²) in [7, 11) is 0. The second-order valence-electron chi connectivity index (χ2n) is 8.92. The molecule has 0 spiro atoms. The average Bonchev–Trinajstić information content (AvgIpc) is 3.11. The van der Waals surface area contributed by atoms with Crippen molar-refractivity contribution in [3.8, 4) is 0 Å². The molecule has 2 aromatic heterocycles. The van der Waals surface area contributed by atoms with E-state index in [0.717, 1.165) is 30.6 Å². The van der Waals surface area contributed by atoms with E-state index in [4.69, 9.17) is 23.2 Å². The van der Waals surface area contributed by atoms with Crippen LogP contribution in [-0.4, -0.2) is 52.9 Å². The van der Waals surface area contributed by atoms with Crippen LogP contribution in [0, 0.1) is 18.8 Å². The molecule has 0 bridgehead atoms. The fourth-order valence-electron chi connectivity index (χ4n) is 4.59. The zero-order valence-corrected chi connectivity index (χ0v) is 21.1. The number of amides is 2. The summed E-state index contributed by atoms with van der Waals surface area (Å²) in [6, 6.07) is 0.196. The number of aryl methyl sites for hydroxylation is 1. The van der Waals surface area contributed by atoms with Crippen LogP contribution in [0.5, 0.6) is 0 Å². The molecule has 2 saturated carbocycles. The number of carboxylic acid groups (broad SMARTS) is 1. The van der Waals surface area contributed by atoms with Crippen LogP contribution in [0.4, 0.5) is 5.13 Å². The van der Waals surface area contributed by atoms with E-state index in [0.29, 0.717) is 28.9 Å². The fraction of sp³-hybridized carbons (Fsp3) is 0.524. The number of fused-ring (bicyclic) bond motifs is 1. The molecule has 34 heavy (non-hydrogen) atoms. The minimum Gasteiger partial charge on any atom is -0.544 e. The van der Waals surface area contributed by atoms with Gasteiger partial charge in [-0.2, -0.15) is 0 Å². The van der Waals surface area contributed by atoms with Crippen LogP contribution in [0.15, 0.2) is 0 Å². The zero-order chi connectivity index (χ0) is 23.4. The molecule has 5 rings (SSSR count). The number of aromatic carboxylic acids is 1. The summed E-state index contributed by atoms with van der Waals surface area (Å²) in [6.45, 7) is 3.03. The molecule has 2 amide bonds. The number of hydrogen-bond donors (Lipinski definition) is 3. The molecule has 3 aliphatic rings. The Labute approximate surface area is 222 Å². The van der Waals surface area contributed by atoms with Crippen molar-refractivity contribution in [1.82, 2.24) is 20.6 Å². The third-order valence-corrected chi connectivity index (χ3v) is 8.80. The number of H-pyrrole nitrogens is 1. The molecule has 0 radical (unpaired) electrons. The largest absolute Gasteiger partial charge is 1.00 e. The third-order valence-electron chi connectivity index (χ3n) is 6.71. The van der Waals surface area contributed by atoms with Crippen molar-refractivity contribution in [3.63, 3.8) is 0 Å². The van der Waals surface area contributed by atoms with Crippen LogP contribution in [-0.2, 0) is 11.2 Å². The number of carbonyl (C=O) groups excluding carboxylic acids is 3. The summed E-state index contributed by atoms with van der Waals surface area (Å²) in [5.41, 5.74) is 1.13. The van der Waals surface area contributed by atoms with Gasteiger partial charge in [0.2, 0.25) is 5.91 Å². The van der Waals surface area contributed by atoms with E-state index >= 15 is 0 Å². The molecule has 176 valence electrons. The van der Waals surface area contributed by atoms with E-state index in [2.05, 4.69) is 20.6 Å². The van der Waals surface area contributed by atoms with Gasteiger partial charge in [-0.15, -0.1) is 0 Å². The van der Waals surface area contributed by atoms with Crippen molar-refractivity contribution >= 4 is 57.5 Å². The summed E-state index contributed by atoms with van der Waals surface area (Å²) in [4.78, 5) is 45.8. The minimum atomic E-state index is -1.32.